The SMILES string of the molecule is COc1ccc([C@@H]2[C@H](C)C(C(=S)NN3CCCCC3)=NN2c2ccccc2Cl)cc1. The van der Waals surface area contributed by atoms with E-state index in [-0.39, 0.29) is 12.0 Å². The van der Waals surface area contributed by atoms with Gasteiger partial charge in [-0.25, -0.2) is 5.01 Å². The van der Waals surface area contributed by atoms with Gasteiger partial charge in [-0.3, -0.25) is 5.01 Å². The van der Waals surface area contributed by atoms with E-state index in [9.17, 15) is 0 Å². The molecule has 2 aliphatic heterocycles. The molecule has 0 bridgehead atoms. The van der Waals surface area contributed by atoms with Crippen LogP contribution in [0.5, 0.6) is 5.75 Å². The van der Waals surface area contributed by atoms with Gasteiger partial charge in [-0.1, -0.05) is 61.4 Å². The minimum Gasteiger partial charge on any atom is -0.497 e. The van der Waals surface area contributed by atoms with Crippen molar-refractivity contribution in [1.82, 2.24) is 10.4 Å². The van der Waals surface area contributed by atoms with Crippen molar-refractivity contribution in [3.05, 3.63) is 59.1 Å². The average Bonchev–Trinajstić information content (AvgIpc) is 3.12. The summed E-state index contributed by atoms with van der Waals surface area (Å²) in [5.41, 5.74) is 6.33. The van der Waals surface area contributed by atoms with Gasteiger partial charge in [0.1, 0.15) is 16.4 Å². The van der Waals surface area contributed by atoms with E-state index >= 15 is 0 Å². The second-order valence-electron chi connectivity index (χ2n) is 7.78. The minimum absolute atomic E-state index is 0.00749. The third-order valence-corrected chi connectivity index (χ3v) is 6.41. The second-order valence-corrected chi connectivity index (χ2v) is 8.59. The number of methoxy groups -OCH3 is 1. The van der Waals surface area contributed by atoms with Crippen molar-refractivity contribution in [3.63, 3.8) is 0 Å². The number of para-hydroxylation sites is 1. The molecule has 7 heteroatoms. The highest BCUT2D eigenvalue weighted by Gasteiger charge is 2.39. The smallest absolute Gasteiger partial charge is 0.137 e. The molecule has 4 rings (SSSR count). The fraction of sp³-hybridized carbons (Fsp3) is 0.391. The Hall–Kier alpha value is -2.15. The number of nitrogens with zero attached hydrogens (tertiary/aromatic N) is 3. The maximum atomic E-state index is 6.55. The van der Waals surface area contributed by atoms with Gasteiger partial charge >= 0.3 is 0 Å². The lowest BCUT2D eigenvalue weighted by Crippen LogP contribution is -2.47. The lowest BCUT2D eigenvalue weighted by molar-refractivity contribution is 0.197. The topological polar surface area (TPSA) is 40.1 Å². The van der Waals surface area contributed by atoms with Gasteiger partial charge in [0.05, 0.1) is 23.9 Å². The fourth-order valence-electron chi connectivity index (χ4n) is 4.16. The van der Waals surface area contributed by atoms with Crippen LogP contribution in [0.15, 0.2) is 53.6 Å². The van der Waals surface area contributed by atoms with E-state index in [0.717, 1.165) is 35.8 Å². The van der Waals surface area contributed by atoms with Crippen molar-refractivity contribution < 1.29 is 4.74 Å². The largest absolute Gasteiger partial charge is 0.497 e. The molecule has 2 heterocycles. The van der Waals surface area contributed by atoms with Crippen molar-refractivity contribution >= 4 is 40.2 Å². The summed E-state index contributed by atoms with van der Waals surface area (Å²) >= 11 is 12.3. The number of hydrogen-bond acceptors (Lipinski definition) is 5. The Labute approximate surface area is 188 Å². The molecule has 0 radical (unpaired) electrons. The molecule has 158 valence electrons. The number of anilines is 1. The monoisotopic (exact) mass is 442 g/mol. The van der Waals surface area contributed by atoms with Crippen LogP contribution in [-0.4, -0.2) is 35.9 Å². The van der Waals surface area contributed by atoms with Crippen molar-refractivity contribution in [3.8, 4) is 5.75 Å². The number of hydrogen-bond donors (Lipinski definition) is 1. The van der Waals surface area contributed by atoms with Crippen LogP contribution in [0, 0.1) is 5.92 Å². The van der Waals surface area contributed by atoms with Crippen LogP contribution in [0.25, 0.3) is 0 Å². The molecule has 0 aliphatic carbocycles. The highest BCUT2D eigenvalue weighted by molar-refractivity contribution is 7.82. The van der Waals surface area contributed by atoms with Crippen LogP contribution < -0.4 is 15.2 Å². The first-order valence-corrected chi connectivity index (χ1v) is 11.2. The molecule has 0 unspecified atom stereocenters. The third kappa shape index (κ3) is 4.31. The number of ether oxygens (including phenoxy) is 1. The summed E-state index contributed by atoms with van der Waals surface area (Å²) in [6, 6.07) is 15.9. The van der Waals surface area contributed by atoms with Crippen molar-refractivity contribution in [1.29, 1.82) is 0 Å². The van der Waals surface area contributed by atoms with Crippen LogP contribution >= 0.6 is 23.8 Å². The van der Waals surface area contributed by atoms with E-state index < -0.39 is 0 Å². The number of thiocarbonyl (C=S) groups is 1. The molecule has 0 saturated carbocycles. The summed E-state index contributed by atoms with van der Waals surface area (Å²) < 4.78 is 5.33. The van der Waals surface area contributed by atoms with Gasteiger partial charge in [0.2, 0.25) is 0 Å². The van der Waals surface area contributed by atoms with Crippen LogP contribution in [-0.2, 0) is 0 Å². The number of nitrogens with one attached hydrogen (secondary N) is 1. The third-order valence-electron chi connectivity index (χ3n) is 5.79. The van der Waals surface area contributed by atoms with E-state index in [1.807, 2.05) is 41.4 Å². The second kappa shape index (κ2) is 9.33. The first-order chi connectivity index (χ1) is 14.6. The Morgan fingerprint density at radius 2 is 1.80 bits per heavy atom. The van der Waals surface area contributed by atoms with Gasteiger partial charge in [0.25, 0.3) is 0 Å². The zero-order valence-corrected chi connectivity index (χ0v) is 18.9. The maximum absolute atomic E-state index is 6.55. The Morgan fingerprint density at radius 1 is 1.10 bits per heavy atom. The molecule has 1 saturated heterocycles. The molecule has 0 aromatic heterocycles. The molecule has 2 atom stereocenters. The van der Waals surface area contributed by atoms with Crippen LogP contribution in [0.4, 0.5) is 5.69 Å². The van der Waals surface area contributed by atoms with Crippen LogP contribution in [0.1, 0.15) is 37.8 Å². The lowest BCUT2D eigenvalue weighted by atomic mass is 9.91. The molecule has 2 aromatic carbocycles. The Balaban J connectivity index is 1.66. The summed E-state index contributed by atoms with van der Waals surface area (Å²) in [5, 5.41) is 9.86. The normalized spacial score (nSPS) is 22.0. The van der Waals surface area contributed by atoms with E-state index in [2.05, 4.69) is 29.5 Å². The quantitative estimate of drug-likeness (QED) is 0.643. The Morgan fingerprint density at radius 3 is 2.47 bits per heavy atom. The molecule has 30 heavy (non-hydrogen) atoms. The lowest BCUT2D eigenvalue weighted by Gasteiger charge is -2.29. The standard InChI is InChI=1S/C23H27ClN4OS/c1-16-21(23(30)26-27-14-6-3-7-15-27)25-28(20-9-5-4-8-19(20)24)22(16)17-10-12-18(29-2)13-11-17/h4-5,8-13,16,22H,3,6-7,14-15H2,1-2H3,(H,26,30)/t16-,22+/m1/s1. The highest BCUT2D eigenvalue weighted by atomic mass is 35.5. The molecule has 1 fully saturated rings. The molecule has 5 nitrogen and oxygen atoms in total. The zero-order chi connectivity index (χ0) is 21.1. The van der Waals surface area contributed by atoms with Gasteiger partial charge < -0.3 is 10.2 Å². The van der Waals surface area contributed by atoms with Crippen LogP contribution in [0.3, 0.4) is 0 Å². The molecule has 2 aromatic rings. The summed E-state index contributed by atoms with van der Waals surface area (Å²) in [6.07, 6.45) is 3.66. The van der Waals surface area contributed by atoms with E-state index in [4.69, 9.17) is 33.7 Å². The van der Waals surface area contributed by atoms with E-state index in [0.29, 0.717) is 10.0 Å². The van der Waals surface area contributed by atoms with Gasteiger partial charge in [0.15, 0.2) is 0 Å². The summed E-state index contributed by atoms with van der Waals surface area (Å²) in [5.74, 6) is 0.927. The molecule has 0 amide bonds. The van der Waals surface area contributed by atoms with E-state index in [1.165, 1.54) is 19.3 Å². The predicted molar refractivity (Wildman–Crippen MR) is 127 cm³/mol. The molecule has 2 aliphatic rings. The fourth-order valence-corrected chi connectivity index (χ4v) is 4.74. The van der Waals surface area contributed by atoms with Gasteiger partial charge in [-0.15, -0.1) is 0 Å². The maximum Gasteiger partial charge on any atom is 0.137 e. The molecule has 0 spiro atoms. The number of benzene rings is 2. The highest BCUT2D eigenvalue weighted by Crippen LogP contribution is 2.42. The molecule has 1 N–H and O–H groups in total. The number of rotatable bonds is 5. The first kappa shape index (κ1) is 21.1. The number of piperidine rings is 1. The first-order valence-electron chi connectivity index (χ1n) is 10.4. The van der Waals surface area contributed by atoms with Crippen molar-refractivity contribution in [2.24, 2.45) is 11.0 Å². The summed E-state index contributed by atoms with van der Waals surface area (Å²) in [6.45, 7) is 4.20. The summed E-state index contributed by atoms with van der Waals surface area (Å²) in [7, 11) is 1.68. The minimum atomic E-state index is -0.00749. The van der Waals surface area contributed by atoms with Gasteiger partial charge in [-0.2, -0.15) is 5.10 Å². The zero-order valence-electron chi connectivity index (χ0n) is 17.3. The van der Waals surface area contributed by atoms with Gasteiger partial charge in [-0.05, 0) is 42.7 Å². The van der Waals surface area contributed by atoms with Crippen molar-refractivity contribution in [2.45, 2.75) is 32.2 Å². The number of halogens is 1. The number of hydrazone groups is 1. The van der Waals surface area contributed by atoms with Crippen molar-refractivity contribution in [2.75, 3.05) is 25.2 Å². The number of hydrazine groups is 1. The molecular formula is C23H27ClN4OS. The Bertz CT molecular complexity index is 927. The van der Waals surface area contributed by atoms with Gasteiger partial charge in [0, 0.05) is 19.0 Å². The van der Waals surface area contributed by atoms with Crippen LogP contribution in [0.2, 0.25) is 5.02 Å². The summed E-state index contributed by atoms with van der Waals surface area (Å²) in [4.78, 5) is 0.692. The van der Waals surface area contributed by atoms with E-state index in [1.54, 1.807) is 7.11 Å². The average molecular weight is 443 g/mol. The Kier molecular flexibility index (Phi) is 6.56. The molecular weight excluding hydrogens is 416 g/mol. The predicted octanol–water partition coefficient (Wildman–Crippen LogP) is 5.22.